The largest absolute Gasteiger partial charge is 0.493 e. The first-order valence-electron chi connectivity index (χ1n) is 7.52. The minimum absolute atomic E-state index is 0.260. The summed E-state index contributed by atoms with van der Waals surface area (Å²) in [7, 11) is 0. The predicted molar refractivity (Wildman–Crippen MR) is 84.4 cm³/mol. The molecule has 1 heterocycles. The number of hydrogen-bond donors (Lipinski definition) is 2. The molecule has 22 heavy (non-hydrogen) atoms. The Balaban J connectivity index is 1.55. The molecule has 1 aromatic carbocycles. The molecule has 0 amide bonds. The van der Waals surface area contributed by atoms with Crippen LogP contribution in [0.25, 0.3) is 0 Å². The fourth-order valence-electron chi connectivity index (χ4n) is 3.12. The lowest BCUT2D eigenvalue weighted by Gasteiger charge is -2.19. The monoisotopic (exact) mass is 300 g/mol. The van der Waals surface area contributed by atoms with Gasteiger partial charge in [-0.1, -0.05) is 0 Å². The maximum absolute atomic E-state index is 10.8. The summed E-state index contributed by atoms with van der Waals surface area (Å²) in [6.45, 7) is 4.76. The van der Waals surface area contributed by atoms with E-state index in [0.29, 0.717) is 18.3 Å². The molecule has 5 nitrogen and oxygen atoms in total. The molecule has 0 radical (unpaired) electrons. The number of rotatable bonds is 4. The standard InChI is InChI=1S/C17H20N2O3/c1-10-15-7-12(8-16(15)19-11(2)18-10)9-22-14-5-3-13(4-6-14)17(20)21/h3-6,10,12H,7-9H2,1-2H3,(H,18,19)(H,20,21). The molecule has 1 aliphatic heterocycles. The Morgan fingerprint density at radius 3 is 2.77 bits per heavy atom. The van der Waals surface area contributed by atoms with Gasteiger partial charge in [0.05, 0.1) is 24.0 Å². The van der Waals surface area contributed by atoms with Gasteiger partial charge >= 0.3 is 5.97 Å². The van der Waals surface area contributed by atoms with E-state index in [4.69, 9.17) is 9.84 Å². The highest BCUT2D eigenvalue weighted by molar-refractivity contribution is 5.87. The van der Waals surface area contributed by atoms with Gasteiger partial charge in [-0.2, -0.15) is 0 Å². The third-order valence-electron chi connectivity index (χ3n) is 4.20. The van der Waals surface area contributed by atoms with Crippen molar-refractivity contribution in [1.29, 1.82) is 0 Å². The summed E-state index contributed by atoms with van der Waals surface area (Å²) >= 11 is 0. The second-order valence-corrected chi connectivity index (χ2v) is 5.93. The summed E-state index contributed by atoms with van der Waals surface area (Å²) in [5, 5.41) is 12.2. The number of carbonyl (C=O) groups is 1. The average Bonchev–Trinajstić information content (AvgIpc) is 2.89. The van der Waals surface area contributed by atoms with Crippen LogP contribution in [0.1, 0.15) is 37.0 Å². The van der Waals surface area contributed by atoms with Crippen LogP contribution in [0.4, 0.5) is 0 Å². The van der Waals surface area contributed by atoms with Crippen LogP contribution in [0.2, 0.25) is 0 Å². The van der Waals surface area contributed by atoms with Crippen molar-refractivity contribution in [2.75, 3.05) is 6.61 Å². The zero-order valence-corrected chi connectivity index (χ0v) is 12.8. The molecular weight excluding hydrogens is 280 g/mol. The highest BCUT2D eigenvalue weighted by atomic mass is 16.5. The molecule has 0 fully saturated rings. The molecule has 5 heteroatoms. The van der Waals surface area contributed by atoms with Crippen LogP contribution in [0.5, 0.6) is 5.75 Å². The first kappa shape index (κ1) is 14.6. The number of nitrogens with zero attached hydrogens (tertiary/aromatic N) is 1. The summed E-state index contributed by atoms with van der Waals surface area (Å²) in [6, 6.07) is 6.81. The van der Waals surface area contributed by atoms with E-state index in [2.05, 4.69) is 17.2 Å². The quantitative estimate of drug-likeness (QED) is 0.897. The Morgan fingerprint density at radius 2 is 2.09 bits per heavy atom. The molecule has 2 aliphatic rings. The van der Waals surface area contributed by atoms with Crippen molar-refractivity contribution in [1.82, 2.24) is 5.32 Å². The van der Waals surface area contributed by atoms with E-state index >= 15 is 0 Å². The number of amidine groups is 1. The fourth-order valence-corrected chi connectivity index (χ4v) is 3.12. The Labute approximate surface area is 129 Å². The van der Waals surface area contributed by atoms with Gasteiger partial charge in [0, 0.05) is 11.6 Å². The first-order valence-corrected chi connectivity index (χ1v) is 7.52. The number of aromatic carboxylic acids is 1. The molecular formula is C17H20N2O3. The number of carboxylic acid groups (broad SMARTS) is 1. The number of aliphatic imine (C=N–C) groups is 1. The van der Waals surface area contributed by atoms with E-state index in [0.717, 1.165) is 18.7 Å². The van der Waals surface area contributed by atoms with Gasteiger partial charge < -0.3 is 15.2 Å². The zero-order chi connectivity index (χ0) is 15.7. The highest BCUT2D eigenvalue weighted by Crippen LogP contribution is 2.35. The Bertz CT molecular complexity index is 646. The molecule has 3 rings (SSSR count). The summed E-state index contributed by atoms with van der Waals surface area (Å²) in [5.74, 6) is 1.22. The van der Waals surface area contributed by atoms with E-state index in [-0.39, 0.29) is 11.6 Å². The second-order valence-electron chi connectivity index (χ2n) is 5.93. The van der Waals surface area contributed by atoms with Gasteiger partial charge in [-0.25, -0.2) is 4.79 Å². The highest BCUT2D eigenvalue weighted by Gasteiger charge is 2.30. The summed E-state index contributed by atoms with van der Waals surface area (Å²) < 4.78 is 5.81. The number of nitrogens with one attached hydrogen (secondary N) is 1. The average molecular weight is 300 g/mol. The van der Waals surface area contributed by atoms with Crippen molar-refractivity contribution in [3.8, 4) is 5.75 Å². The van der Waals surface area contributed by atoms with Gasteiger partial charge in [0.2, 0.25) is 0 Å². The molecule has 0 saturated carbocycles. The number of benzene rings is 1. The molecule has 2 atom stereocenters. The van der Waals surface area contributed by atoms with Crippen LogP contribution in [-0.2, 0) is 0 Å². The third-order valence-corrected chi connectivity index (χ3v) is 4.20. The lowest BCUT2D eigenvalue weighted by atomic mass is 10.0. The van der Waals surface area contributed by atoms with Crippen LogP contribution in [0, 0.1) is 5.92 Å². The lowest BCUT2D eigenvalue weighted by molar-refractivity contribution is 0.0697. The Hall–Kier alpha value is -2.30. The van der Waals surface area contributed by atoms with Gasteiger partial charge in [0.25, 0.3) is 0 Å². The molecule has 1 aliphatic carbocycles. The van der Waals surface area contributed by atoms with Crippen LogP contribution >= 0.6 is 0 Å². The van der Waals surface area contributed by atoms with E-state index in [1.807, 2.05) is 6.92 Å². The van der Waals surface area contributed by atoms with E-state index in [1.54, 1.807) is 24.3 Å². The van der Waals surface area contributed by atoms with Gasteiger partial charge in [0.1, 0.15) is 5.75 Å². The smallest absolute Gasteiger partial charge is 0.335 e. The second kappa shape index (κ2) is 5.83. The maximum atomic E-state index is 10.8. The molecule has 2 unspecified atom stereocenters. The SMILES string of the molecule is CC1=NC(C)C2=C(CC(COc3ccc(C(=O)O)cc3)C2)N1. The van der Waals surface area contributed by atoms with Crippen LogP contribution < -0.4 is 10.1 Å². The number of ether oxygens (including phenoxy) is 1. The summed E-state index contributed by atoms with van der Waals surface area (Å²) in [6.07, 6.45) is 1.99. The predicted octanol–water partition coefficient (Wildman–Crippen LogP) is 2.84. The minimum atomic E-state index is -0.922. The minimum Gasteiger partial charge on any atom is -0.493 e. The van der Waals surface area contributed by atoms with Gasteiger partial charge in [-0.3, -0.25) is 4.99 Å². The molecule has 1 aromatic rings. The normalized spacial score (nSPS) is 23.6. The van der Waals surface area contributed by atoms with E-state index in [9.17, 15) is 4.79 Å². The van der Waals surface area contributed by atoms with Crippen LogP contribution in [0.3, 0.4) is 0 Å². The topological polar surface area (TPSA) is 70.9 Å². The van der Waals surface area contributed by atoms with Gasteiger partial charge in [-0.05, 0) is 56.5 Å². The number of hydrogen-bond acceptors (Lipinski definition) is 4. The molecule has 116 valence electrons. The van der Waals surface area contributed by atoms with E-state index in [1.165, 1.54) is 11.3 Å². The number of allylic oxidation sites excluding steroid dienone is 1. The maximum Gasteiger partial charge on any atom is 0.335 e. The lowest BCUT2D eigenvalue weighted by Crippen LogP contribution is -2.27. The first-order chi connectivity index (χ1) is 10.5. The van der Waals surface area contributed by atoms with Crippen molar-refractivity contribution in [2.45, 2.75) is 32.7 Å². The van der Waals surface area contributed by atoms with E-state index < -0.39 is 5.97 Å². The third kappa shape index (κ3) is 2.98. The Kier molecular flexibility index (Phi) is 3.88. The Morgan fingerprint density at radius 1 is 1.36 bits per heavy atom. The van der Waals surface area contributed by atoms with Crippen LogP contribution in [0.15, 0.2) is 40.5 Å². The molecule has 0 saturated heterocycles. The van der Waals surface area contributed by atoms with Crippen molar-refractivity contribution in [2.24, 2.45) is 10.9 Å². The van der Waals surface area contributed by atoms with Crippen molar-refractivity contribution in [3.63, 3.8) is 0 Å². The zero-order valence-electron chi connectivity index (χ0n) is 12.8. The van der Waals surface area contributed by atoms with Crippen molar-refractivity contribution < 1.29 is 14.6 Å². The van der Waals surface area contributed by atoms with Crippen molar-refractivity contribution >= 4 is 11.8 Å². The summed E-state index contributed by atoms with van der Waals surface area (Å²) in [4.78, 5) is 15.4. The van der Waals surface area contributed by atoms with Crippen molar-refractivity contribution in [3.05, 3.63) is 41.1 Å². The molecule has 0 bridgehead atoms. The van der Waals surface area contributed by atoms with Crippen LogP contribution in [-0.4, -0.2) is 29.6 Å². The number of carboxylic acids is 1. The summed E-state index contributed by atoms with van der Waals surface area (Å²) in [5.41, 5.74) is 2.96. The molecule has 2 N–H and O–H groups in total. The fraction of sp³-hybridized carbons (Fsp3) is 0.412. The molecule has 0 aromatic heterocycles. The van der Waals surface area contributed by atoms with Gasteiger partial charge in [-0.15, -0.1) is 0 Å². The van der Waals surface area contributed by atoms with Gasteiger partial charge in [0.15, 0.2) is 0 Å². The molecule has 0 spiro atoms.